The lowest BCUT2D eigenvalue weighted by atomic mass is 10.2. The van der Waals surface area contributed by atoms with E-state index < -0.39 is 16.0 Å². The van der Waals surface area contributed by atoms with Crippen LogP contribution in [0.2, 0.25) is 0 Å². The Bertz CT molecular complexity index is 610. The van der Waals surface area contributed by atoms with Crippen LogP contribution in [0.4, 0.5) is 5.69 Å². The van der Waals surface area contributed by atoms with Crippen molar-refractivity contribution in [3.05, 3.63) is 23.8 Å². The van der Waals surface area contributed by atoms with E-state index in [2.05, 4.69) is 4.72 Å². The highest BCUT2D eigenvalue weighted by molar-refractivity contribution is 8.00. The van der Waals surface area contributed by atoms with E-state index in [1.54, 1.807) is 11.8 Å². The van der Waals surface area contributed by atoms with Crippen LogP contribution in [0.1, 0.15) is 23.2 Å². The zero-order chi connectivity index (χ0) is 14.8. The second-order valence-electron chi connectivity index (χ2n) is 4.54. The molecule has 1 atom stereocenters. The van der Waals surface area contributed by atoms with Gasteiger partial charge in [0.2, 0.25) is 10.0 Å². The predicted molar refractivity (Wildman–Crippen MR) is 78.5 cm³/mol. The molecule has 2 rings (SSSR count). The van der Waals surface area contributed by atoms with E-state index >= 15 is 0 Å². The highest BCUT2D eigenvalue weighted by Crippen LogP contribution is 2.26. The first-order chi connectivity index (χ1) is 9.40. The quantitative estimate of drug-likeness (QED) is 0.703. The van der Waals surface area contributed by atoms with Gasteiger partial charge in [0, 0.05) is 11.8 Å². The second-order valence-corrected chi connectivity index (χ2v) is 7.69. The maximum atomic E-state index is 12.1. The van der Waals surface area contributed by atoms with Crippen LogP contribution >= 0.6 is 11.8 Å². The van der Waals surface area contributed by atoms with Crippen molar-refractivity contribution in [1.82, 2.24) is 4.72 Å². The molecule has 0 radical (unpaired) electrons. The summed E-state index contributed by atoms with van der Waals surface area (Å²) in [6.45, 7) is 0.368. The maximum absolute atomic E-state index is 12.1. The standard InChI is InChI=1S/C12H16N2O4S2/c13-10-6-8(12(15)16)3-4-11(10)20(17,18)14-7-9-2-1-5-19-9/h3-4,6,9,14H,1-2,5,7,13H2,(H,15,16). The first-order valence-electron chi connectivity index (χ1n) is 6.14. The van der Waals surface area contributed by atoms with Crippen LogP contribution in [0.15, 0.2) is 23.1 Å². The minimum absolute atomic E-state index is 0.0344. The smallest absolute Gasteiger partial charge is 0.335 e. The molecule has 20 heavy (non-hydrogen) atoms. The lowest BCUT2D eigenvalue weighted by Gasteiger charge is -2.12. The number of benzene rings is 1. The fourth-order valence-electron chi connectivity index (χ4n) is 2.01. The molecule has 1 aromatic rings. The maximum Gasteiger partial charge on any atom is 0.335 e. The Hall–Kier alpha value is -1.25. The van der Waals surface area contributed by atoms with E-state index in [0.717, 1.165) is 24.7 Å². The van der Waals surface area contributed by atoms with Crippen LogP contribution in [-0.2, 0) is 10.0 Å². The fourth-order valence-corrected chi connectivity index (χ4v) is 4.51. The third-order valence-corrected chi connectivity index (χ3v) is 5.97. The largest absolute Gasteiger partial charge is 0.478 e. The van der Waals surface area contributed by atoms with Gasteiger partial charge in [-0.25, -0.2) is 17.9 Å². The van der Waals surface area contributed by atoms with Crippen LogP contribution in [-0.4, -0.2) is 37.0 Å². The van der Waals surface area contributed by atoms with Crippen LogP contribution in [0.3, 0.4) is 0 Å². The Morgan fingerprint density at radius 1 is 1.50 bits per heavy atom. The number of sulfonamides is 1. The lowest BCUT2D eigenvalue weighted by molar-refractivity contribution is 0.0697. The average molecular weight is 316 g/mol. The number of carboxylic acid groups (broad SMARTS) is 1. The monoisotopic (exact) mass is 316 g/mol. The number of rotatable bonds is 5. The number of nitrogen functional groups attached to an aromatic ring is 1. The molecule has 1 fully saturated rings. The zero-order valence-electron chi connectivity index (χ0n) is 10.7. The van der Waals surface area contributed by atoms with Gasteiger partial charge in [0.15, 0.2) is 0 Å². The van der Waals surface area contributed by atoms with Crippen molar-refractivity contribution in [3.8, 4) is 0 Å². The number of aromatic carboxylic acids is 1. The number of nitrogens with one attached hydrogen (secondary N) is 1. The summed E-state index contributed by atoms with van der Waals surface area (Å²) >= 11 is 1.75. The summed E-state index contributed by atoms with van der Waals surface area (Å²) in [5.74, 6) is -0.0852. The summed E-state index contributed by atoms with van der Waals surface area (Å²) in [5.41, 5.74) is 5.55. The molecule has 0 aromatic heterocycles. The molecule has 1 heterocycles. The highest BCUT2D eigenvalue weighted by atomic mass is 32.2. The van der Waals surface area contributed by atoms with Gasteiger partial charge >= 0.3 is 5.97 Å². The van der Waals surface area contributed by atoms with Crippen molar-refractivity contribution in [2.45, 2.75) is 23.0 Å². The van der Waals surface area contributed by atoms with Crippen LogP contribution in [0, 0.1) is 0 Å². The summed E-state index contributed by atoms with van der Waals surface area (Å²) < 4.78 is 26.8. The Balaban J connectivity index is 2.14. The van der Waals surface area contributed by atoms with E-state index in [4.69, 9.17) is 10.8 Å². The topological polar surface area (TPSA) is 109 Å². The SMILES string of the molecule is Nc1cc(C(=O)O)ccc1S(=O)(=O)NCC1CCCS1. The van der Waals surface area contributed by atoms with Crippen molar-refractivity contribution in [2.24, 2.45) is 0 Å². The van der Waals surface area contributed by atoms with Gasteiger partial charge in [-0.1, -0.05) is 0 Å². The number of nitrogens with two attached hydrogens (primary N) is 1. The molecule has 1 unspecified atom stereocenters. The van der Waals surface area contributed by atoms with Gasteiger partial charge in [0.1, 0.15) is 4.90 Å². The summed E-state index contributed by atoms with van der Waals surface area (Å²) in [5, 5.41) is 9.12. The Morgan fingerprint density at radius 2 is 2.25 bits per heavy atom. The minimum Gasteiger partial charge on any atom is -0.478 e. The number of hydrogen-bond acceptors (Lipinski definition) is 5. The number of carboxylic acids is 1. The Morgan fingerprint density at radius 3 is 2.80 bits per heavy atom. The number of anilines is 1. The van der Waals surface area contributed by atoms with Crippen LogP contribution in [0.25, 0.3) is 0 Å². The molecule has 6 nitrogen and oxygen atoms in total. The normalized spacial score (nSPS) is 19.1. The zero-order valence-corrected chi connectivity index (χ0v) is 12.3. The van der Waals surface area contributed by atoms with Crippen molar-refractivity contribution in [1.29, 1.82) is 0 Å². The molecule has 1 aliphatic rings. The molecule has 0 amide bonds. The predicted octanol–water partition coefficient (Wildman–Crippen LogP) is 1.14. The molecule has 0 spiro atoms. The van der Waals surface area contributed by atoms with E-state index in [1.807, 2.05) is 0 Å². The molecular weight excluding hydrogens is 300 g/mol. The van der Waals surface area contributed by atoms with Gasteiger partial charge in [0.25, 0.3) is 0 Å². The highest BCUT2D eigenvalue weighted by Gasteiger charge is 2.22. The van der Waals surface area contributed by atoms with Gasteiger partial charge in [0.05, 0.1) is 11.3 Å². The molecule has 4 N–H and O–H groups in total. The van der Waals surface area contributed by atoms with Crippen molar-refractivity contribution >= 4 is 33.4 Å². The number of carbonyl (C=O) groups is 1. The molecule has 0 bridgehead atoms. The summed E-state index contributed by atoms with van der Waals surface area (Å²) in [6.07, 6.45) is 2.10. The Labute approximate surface area is 121 Å². The molecule has 110 valence electrons. The van der Waals surface area contributed by atoms with E-state index in [-0.39, 0.29) is 16.1 Å². The van der Waals surface area contributed by atoms with Crippen molar-refractivity contribution < 1.29 is 18.3 Å². The van der Waals surface area contributed by atoms with Crippen LogP contribution in [0.5, 0.6) is 0 Å². The minimum atomic E-state index is -3.70. The lowest BCUT2D eigenvalue weighted by Crippen LogP contribution is -2.30. The first kappa shape index (κ1) is 15.1. The molecule has 8 heteroatoms. The number of hydrogen-bond donors (Lipinski definition) is 3. The molecule has 1 aliphatic heterocycles. The van der Waals surface area contributed by atoms with Gasteiger partial charge in [-0.3, -0.25) is 0 Å². The Kier molecular flexibility index (Phi) is 4.56. The molecule has 1 saturated heterocycles. The van der Waals surface area contributed by atoms with Crippen molar-refractivity contribution in [2.75, 3.05) is 18.0 Å². The first-order valence-corrected chi connectivity index (χ1v) is 8.67. The van der Waals surface area contributed by atoms with Crippen LogP contribution < -0.4 is 10.5 Å². The summed E-state index contributed by atoms with van der Waals surface area (Å²) in [7, 11) is -3.70. The average Bonchev–Trinajstić information content (AvgIpc) is 2.89. The van der Waals surface area contributed by atoms with Gasteiger partial charge in [-0.05, 0) is 36.8 Å². The third kappa shape index (κ3) is 3.44. The molecule has 0 saturated carbocycles. The van der Waals surface area contributed by atoms with Gasteiger partial charge in [-0.2, -0.15) is 11.8 Å². The number of thioether (sulfide) groups is 1. The molecule has 1 aromatic carbocycles. The molecular formula is C12H16N2O4S2. The van der Waals surface area contributed by atoms with E-state index in [0.29, 0.717) is 11.8 Å². The third-order valence-electron chi connectivity index (χ3n) is 3.07. The van der Waals surface area contributed by atoms with Crippen molar-refractivity contribution in [3.63, 3.8) is 0 Å². The molecule has 0 aliphatic carbocycles. The summed E-state index contributed by atoms with van der Waals surface area (Å²) in [4.78, 5) is 10.7. The van der Waals surface area contributed by atoms with E-state index in [9.17, 15) is 13.2 Å². The second kappa shape index (κ2) is 6.02. The van der Waals surface area contributed by atoms with Gasteiger partial charge in [-0.15, -0.1) is 0 Å². The van der Waals surface area contributed by atoms with E-state index in [1.165, 1.54) is 12.1 Å². The summed E-state index contributed by atoms with van der Waals surface area (Å²) in [6, 6.07) is 3.61. The fraction of sp³-hybridized carbons (Fsp3) is 0.417. The van der Waals surface area contributed by atoms with Gasteiger partial charge < -0.3 is 10.8 Å².